The maximum Gasteiger partial charge on any atom is 0.324 e. The van der Waals surface area contributed by atoms with Crippen LogP contribution in [0.3, 0.4) is 0 Å². The van der Waals surface area contributed by atoms with Crippen LogP contribution in [-0.2, 0) is 43.2 Å². The monoisotopic (exact) mass is 666 g/mol. The number of H-pyrrole nitrogens is 1. The van der Waals surface area contributed by atoms with E-state index in [1.54, 1.807) is 42.6 Å². The van der Waals surface area contributed by atoms with Gasteiger partial charge in [-0.3, -0.25) is 29.0 Å². The molecule has 0 saturated carbocycles. The van der Waals surface area contributed by atoms with Crippen molar-refractivity contribution in [3.63, 3.8) is 0 Å². The van der Waals surface area contributed by atoms with Gasteiger partial charge in [0.25, 0.3) is 5.91 Å². The number of carbonyl (C=O) groups excluding carboxylic acids is 4. The van der Waals surface area contributed by atoms with Crippen molar-refractivity contribution in [3.05, 3.63) is 102 Å². The molecule has 1 aromatic heterocycles. The van der Waals surface area contributed by atoms with E-state index in [4.69, 9.17) is 0 Å². The molecule has 3 heterocycles. The first-order valence-corrected chi connectivity index (χ1v) is 16.2. The minimum atomic E-state index is -1.33. The summed E-state index contributed by atoms with van der Waals surface area (Å²) in [6.45, 7) is -0.549. The highest BCUT2D eigenvalue weighted by Crippen LogP contribution is 2.23. The van der Waals surface area contributed by atoms with Gasteiger partial charge in [-0.15, -0.1) is 0 Å². The zero-order chi connectivity index (χ0) is 34.5. The lowest BCUT2D eigenvalue weighted by molar-refractivity contribution is -0.151. The van der Waals surface area contributed by atoms with Gasteiger partial charge in [0.2, 0.25) is 17.7 Å². The van der Waals surface area contributed by atoms with Crippen LogP contribution in [0.5, 0.6) is 5.75 Å². The Morgan fingerprint density at radius 1 is 0.755 bits per heavy atom. The van der Waals surface area contributed by atoms with Crippen molar-refractivity contribution in [1.82, 2.24) is 31.0 Å². The number of benzene rings is 3. The summed E-state index contributed by atoms with van der Waals surface area (Å²) in [6.07, 6.45) is 2.80. The van der Waals surface area contributed by atoms with Gasteiger partial charge in [0.05, 0.1) is 0 Å². The van der Waals surface area contributed by atoms with Crippen molar-refractivity contribution in [2.45, 2.75) is 56.3 Å². The van der Waals surface area contributed by atoms with Crippen molar-refractivity contribution in [1.29, 1.82) is 0 Å². The Morgan fingerprint density at radius 2 is 1.43 bits per heavy atom. The molecule has 2 fully saturated rings. The summed E-state index contributed by atoms with van der Waals surface area (Å²) < 4.78 is 0. The molecule has 6 rings (SSSR count). The number of carboxylic acid groups (broad SMARTS) is 1. The van der Waals surface area contributed by atoms with Crippen molar-refractivity contribution in [2.75, 3.05) is 13.1 Å². The summed E-state index contributed by atoms with van der Waals surface area (Å²) in [5.74, 6) is -3.70. The number of para-hydroxylation sites is 1. The third-order valence-corrected chi connectivity index (χ3v) is 9.01. The SMILES string of the molecule is O=C(O)CN1N[C@H](Cc2ccc(O)cc2)C(=O)N2CCC[C@H]2C(=O)N[C@H](Cc2c[nH]c3ccccc23)C(=O)N[C@H](Cc2ccccc2)C1=O. The molecule has 3 aromatic carbocycles. The molecule has 2 saturated heterocycles. The number of phenols is 1. The van der Waals surface area contributed by atoms with E-state index >= 15 is 0 Å². The number of aromatic amines is 1. The Labute approximate surface area is 282 Å². The highest BCUT2D eigenvalue weighted by atomic mass is 16.4. The first-order valence-electron chi connectivity index (χ1n) is 16.2. The van der Waals surface area contributed by atoms with E-state index in [1.165, 1.54) is 17.0 Å². The normalized spacial score (nSPS) is 22.1. The summed E-state index contributed by atoms with van der Waals surface area (Å²) in [6, 6.07) is 18.3. The second-order valence-corrected chi connectivity index (χ2v) is 12.4. The molecular formula is C36H38N6O7. The van der Waals surface area contributed by atoms with Crippen LogP contribution >= 0.6 is 0 Å². The number of phenolic OH excluding ortho intramolecular Hbond substituents is 1. The van der Waals surface area contributed by atoms with Gasteiger partial charge in [0.1, 0.15) is 36.5 Å². The van der Waals surface area contributed by atoms with Crippen molar-refractivity contribution < 1.29 is 34.2 Å². The third-order valence-electron chi connectivity index (χ3n) is 9.01. The lowest BCUT2D eigenvalue weighted by Crippen LogP contribution is -2.61. The number of aliphatic carboxylic acids is 1. The molecule has 0 bridgehead atoms. The molecule has 0 unspecified atom stereocenters. The molecule has 4 amide bonds. The molecule has 4 atom stereocenters. The molecule has 4 aromatic rings. The molecule has 2 aliphatic heterocycles. The smallest absolute Gasteiger partial charge is 0.324 e. The van der Waals surface area contributed by atoms with Crippen LogP contribution in [0.2, 0.25) is 0 Å². The molecule has 13 nitrogen and oxygen atoms in total. The standard InChI is InChI=1S/C36H38N6O7/c43-25-14-12-23(13-15-25)18-30-35(48)41-16-6-11-31(41)34(47)38-28(19-24-20-37-27-10-5-4-9-26(24)27)33(46)39-29(17-22-7-2-1-3-8-22)36(49)42(40-30)21-32(44)45/h1-5,7-10,12-15,20,28-31,37,40,43H,6,11,16-19,21H2,(H,38,47)(H,39,46)(H,44,45)/t28-,29-,30-,31+/m1/s1. The summed E-state index contributed by atoms with van der Waals surface area (Å²) in [4.78, 5) is 73.4. The lowest BCUT2D eigenvalue weighted by Gasteiger charge is -2.33. The average Bonchev–Trinajstić information content (AvgIpc) is 3.75. The van der Waals surface area contributed by atoms with Gasteiger partial charge < -0.3 is 30.7 Å². The molecular weight excluding hydrogens is 628 g/mol. The largest absolute Gasteiger partial charge is 0.508 e. The fraction of sp³-hybridized carbons (Fsp3) is 0.306. The quantitative estimate of drug-likeness (QED) is 0.164. The molecule has 254 valence electrons. The summed E-state index contributed by atoms with van der Waals surface area (Å²) >= 11 is 0. The first-order chi connectivity index (χ1) is 23.7. The maximum atomic E-state index is 14.3. The molecule has 2 aliphatic rings. The zero-order valence-corrected chi connectivity index (χ0v) is 26.7. The number of hydrogen-bond donors (Lipinski definition) is 6. The van der Waals surface area contributed by atoms with Crippen LogP contribution in [0.15, 0.2) is 85.1 Å². The lowest BCUT2D eigenvalue weighted by atomic mass is 10.0. The molecule has 0 radical (unpaired) electrons. The van der Waals surface area contributed by atoms with Gasteiger partial charge in [-0.2, -0.15) is 0 Å². The minimum absolute atomic E-state index is 0.0162. The third kappa shape index (κ3) is 7.73. The number of carbonyl (C=O) groups is 5. The number of hydrazine groups is 1. The van der Waals surface area contributed by atoms with E-state index in [0.29, 0.717) is 24.0 Å². The summed E-state index contributed by atoms with van der Waals surface area (Å²) in [7, 11) is 0. The highest BCUT2D eigenvalue weighted by molar-refractivity contribution is 5.97. The van der Waals surface area contributed by atoms with Gasteiger partial charge >= 0.3 is 5.97 Å². The van der Waals surface area contributed by atoms with Crippen molar-refractivity contribution in [3.8, 4) is 5.75 Å². The van der Waals surface area contributed by atoms with Crippen molar-refractivity contribution in [2.24, 2.45) is 0 Å². The number of aromatic nitrogens is 1. The molecule has 49 heavy (non-hydrogen) atoms. The predicted molar refractivity (Wildman–Crippen MR) is 179 cm³/mol. The van der Waals surface area contributed by atoms with Crippen molar-refractivity contribution >= 4 is 40.5 Å². The van der Waals surface area contributed by atoms with Gasteiger partial charge in [-0.05, 0) is 54.2 Å². The van der Waals surface area contributed by atoms with E-state index in [9.17, 15) is 34.2 Å². The van der Waals surface area contributed by atoms with Crippen LogP contribution in [0, 0.1) is 0 Å². The molecule has 13 heteroatoms. The average molecular weight is 667 g/mol. The second kappa shape index (κ2) is 14.6. The Bertz CT molecular complexity index is 1840. The predicted octanol–water partition coefficient (Wildman–Crippen LogP) is 1.66. The zero-order valence-electron chi connectivity index (χ0n) is 26.7. The highest BCUT2D eigenvalue weighted by Gasteiger charge is 2.41. The summed E-state index contributed by atoms with van der Waals surface area (Å²) in [5, 5.41) is 27.1. The Morgan fingerprint density at radius 3 is 2.18 bits per heavy atom. The molecule has 0 spiro atoms. The number of fused-ring (bicyclic) bond motifs is 2. The number of nitrogens with zero attached hydrogens (tertiary/aromatic N) is 2. The van der Waals surface area contributed by atoms with Crippen LogP contribution < -0.4 is 16.1 Å². The number of nitrogens with one attached hydrogen (secondary N) is 4. The van der Waals surface area contributed by atoms with Crippen LogP contribution in [0.4, 0.5) is 0 Å². The van der Waals surface area contributed by atoms with E-state index in [2.05, 4.69) is 21.0 Å². The van der Waals surface area contributed by atoms with Gasteiger partial charge in [0.15, 0.2) is 0 Å². The Hall–Kier alpha value is -5.69. The van der Waals surface area contributed by atoms with Gasteiger partial charge in [0, 0.05) is 36.5 Å². The number of aromatic hydroxyl groups is 1. The number of hydrogen-bond acceptors (Lipinski definition) is 7. The second-order valence-electron chi connectivity index (χ2n) is 12.4. The van der Waals surface area contributed by atoms with Gasteiger partial charge in [-0.1, -0.05) is 60.7 Å². The first kappa shape index (κ1) is 33.2. The van der Waals surface area contributed by atoms with Crippen LogP contribution in [-0.4, -0.2) is 92.0 Å². The fourth-order valence-corrected chi connectivity index (χ4v) is 6.58. The maximum absolute atomic E-state index is 14.3. The summed E-state index contributed by atoms with van der Waals surface area (Å²) in [5.41, 5.74) is 5.83. The number of amides is 4. The minimum Gasteiger partial charge on any atom is -0.508 e. The van der Waals surface area contributed by atoms with E-state index in [-0.39, 0.29) is 31.6 Å². The molecule has 0 aliphatic carbocycles. The van der Waals surface area contributed by atoms with Gasteiger partial charge in [-0.25, -0.2) is 5.43 Å². The van der Waals surface area contributed by atoms with E-state index in [0.717, 1.165) is 21.5 Å². The van der Waals surface area contributed by atoms with E-state index in [1.807, 2.05) is 30.3 Å². The van der Waals surface area contributed by atoms with E-state index < -0.39 is 60.3 Å². The van der Waals surface area contributed by atoms with Crippen LogP contribution in [0.1, 0.15) is 29.5 Å². The number of rotatable bonds is 8. The fourth-order valence-electron chi connectivity index (χ4n) is 6.58. The Balaban J connectivity index is 1.41. The Kier molecular flexibility index (Phi) is 9.90. The molecule has 6 N–H and O–H groups in total. The topological polar surface area (TPSA) is 184 Å². The van der Waals surface area contributed by atoms with Crippen LogP contribution in [0.25, 0.3) is 10.9 Å². The number of carboxylic acids is 1.